The Bertz CT molecular complexity index is 542. The molecule has 1 aromatic carbocycles. The minimum Gasteiger partial charge on any atom is -0.383 e. The van der Waals surface area contributed by atoms with E-state index in [1.165, 1.54) is 25.0 Å². The molecule has 1 fully saturated rings. The molecule has 1 aromatic rings. The summed E-state index contributed by atoms with van der Waals surface area (Å²) in [5.41, 5.74) is 0.979. The van der Waals surface area contributed by atoms with Crippen molar-refractivity contribution in [3.05, 3.63) is 34.4 Å². The maximum absolute atomic E-state index is 10.6. The number of aliphatic imine (C=N–C) groups is 1. The van der Waals surface area contributed by atoms with Crippen molar-refractivity contribution in [1.82, 2.24) is 10.2 Å². The van der Waals surface area contributed by atoms with Crippen LogP contribution in [0.3, 0.4) is 0 Å². The third-order valence-corrected chi connectivity index (χ3v) is 4.11. The Kier molecular flexibility index (Phi) is 8.80. The van der Waals surface area contributed by atoms with Crippen LogP contribution in [0.2, 0.25) is 0 Å². The number of hydrogen-bond acceptors (Lipinski definition) is 4. The Hall–Kier alpha value is -1.58. The SMILES string of the molecule is CN=C(NCCNc1ccc([N+](=O)[O-])cc1)N1CCC(C)CC1.I. The molecule has 0 aliphatic carbocycles. The molecular formula is C16H26IN5O2. The van der Waals surface area contributed by atoms with Crippen LogP contribution < -0.4 is 10.6 Å². The molecule has 0 saturated carbocycles. The molecule has 8 heteroatoms. The van der Waals surface area contributed by atoms with Crippen LogP contribution in [0.15, 0.2) is 29.3 Å². The maximum Gasteiger partial charge on any atom is 0.269 e. The minimum absolute atomic E-state index is 0. The molecule has 0 spiro atoms. The van der Waals surface area contributed by atoms with Gasteiger partial charge in [0.05, 0.1) is 4.92 Å². The summed E-state index contributed by atoms with van der Waals surface area (Å²) in [5.74, 6) is 1.75. The largest absolute Gasteiger partial charge is 0.383 e. The monoisotopic (exact) mass is 447 g/mol. The van der Waals surface area contributed by atoms with E-state index in [-0.39, 0.29) is 29.7 Å². The highest BCUT2D eigenvalue weighted by Crippen LogP contribution is 2.16. The van der Waals surface area contributed by atoms with Crippen molar-refractivity contribution in [3.63, 3.8) is 0 Å². The highest BCUT2D eigenvalue weighted by Gasteiger charge is 2.18. The summed E-state index contributed by atoms with van der Waals surface area (Å²) in [6.07, 6.45) is 2.42. The van der Waals surface area contributed by atoms with Crippen LogP contribution in [-0.2, 0) is 0 Å². The van der Waals surface area contributed by atoms with Gasteiger partial charge >= 0.3 is 0 Å². The highest BCUT2D eigenvalue weighted by molar-refractivity contribution is 14.0. The van der Waals surface area contributed by atoms with Crippen molar-refractivity contribution in [2.24, 2.45) is 10.9 Å². The number of halogens is 1. The summed E-state index contributed by atoms with van der Waals surface area (Å²) >= 11 is 0. The van der Waals surface area contributed by atoms with Crippen molar-refractivity contribution in [2.45, 2.75) is 19.8 Å². The molecule has 0 radical (unpaired) electrons. The summed E-state index contributed by atoms with van der Waals surface area (Å²) in [4.78, 5) is 16.9. The average Bonchev–Trinajstić information content (AvgIpc) is 2.56. The predicted molar refractivity (Wildman–Crippen MR) is 108 cm³/mol. The van der Waals surface area contributed by atoms with Crippen LogP contribution in [0.4, 0.5) is 11.4 Å². The van der Waals surface area contributed by atoms with E-state index in [1.807, 2.05) is 7.05 Å². The van der Waals surface area contributed by atoms with Gasteiger partial charge in [0.2, 0.25) is 0 Å². The van der Waals surface area contributed by atoms with Gasteiger partial charge in [-0.05, 0) is 30.9 Å². The molecule has 2 rings (SSSR count). The molecule has 0 unspecified atom stereocenters. The van der Waals surface area contributed by atoms with E-state index in [0.717, 1.165) is 43.7 Å². The lowest BCUT2D eigenvalue weighted by molar-refractivity contribution is -0.384. The summed E-state index contributed by atoms with van der Waals surface area (Å²) < 4.78 is 0. The van der Waals surface area contributed by atoms with Crippen LogP contribution in [0.25, 0.3) is 0 Å². The van der Waals surface area contributed by atoms with Crippen LogP contribution in [0.1, 0.15) is 19.8 Å². The Labute approximate surface area is 160 Å². The van der Waals surface area contributed by atoms with Gasteiger partial charge in [-0.25, -0.2) is 0 Å². The van der Waals surface area contributed by atoms with E-state index >= 15 is 0 Å². The fraction of sp³-hybridized carbons (Fsp3) is 0.562. The van der Waals surface area contributed by atoms with Gasteiger partial charge in [0.15, 0.2) is 5.96 Å². The zero-order valence-corrected chi connectivity index (χ0v) is 16.5. The van der Waals surface area contributed by atoms with Gasteiger partial charge in [0.1, 0.15) is 0 Å². The van der Waals surface area contributed by atoms with E-state index in [9.17, 15) is 10.1 Å². The summed E-state index contributed by atoms with van der Waals surface area (Å²) in [6.45, 7) is 5.87. The quantitative estimate of drug-likeness (QED) is 0.181. The Balaban J connectivity index is 0.00000288. The third-order valence-electron chi connectivity index (χ3n) is 4.11. The molecule has 1 heterocycles. The van der Waals surface area contributed by atoms with Gasteiger partial charge in [0, 0.05) is 51.0 Å². The average molecular weight is 447 g/mol. The van der Waals surface area contributed by atoms with Crippen molar-refractivity contribution in [3.8, 4) is 0 Å². The van der Waals surface area contributed by atoms with Crippen molar-refractivity contribution < 1.29 is 4.92 Å². The first-order chi connectivity index (χ1) is 11.1. The predicted octanol–water partition coefficient (Wildman–Crippen LogP) is 2.93. The van der Waals surface area contributed by atoms with Crippen molar-refractivity contribution in [1.29, 1.82) is 0 Å². The van der Waals surface area contributed by atoms with Gasteiger partial charge in [-0.2, -0.15) is 0 Å². The number of hydrogen-bond donors (Lipinski definition) is 2. The summed E-state index contributed by atoms with van der Waals surface area (Å²) in [6, 6.07) is 6.45. The van der Waals surface area contributed by atoms with Gasteiger partial charge in [-0.15, -0.1) is 24.0 Å². The standard InChI is InChI=1S/C16H25N5O2.HI/c1-13-7-11-20(12-8-13)16(17-2)19-10-9-18-14-3-5-15(6-4-14)21(22)23;/h3-6,13,18H,7-12H2,1-2H3,(H,17,19);1H. The number of nitrogens with one attached hydrogen (secondary N) is 2. The number of benzene rings is 1. The lowest BCUT2D eigenvalue weighted by Crippen LogP contribution is -2.46. The topological polar surface area (TPSA) is 82.8 Å². The van der Waals surface area contributed by atoms with Crippen LogP contribution in [-0.4, -0.2) is 49.0 Å². The van der Waals surface area contributed by atoms with Crippen molar-refractivity contribution >= 4 is 41.3 Å². The molecule has 24 heavy (non-hydrogen) atoms. The van der Waals surface area contributed by atoms with Gasteiger partial charge in [-0.3, -0.25) is 15.1 Å². The van der Waals surface area contributed by atoms with E-state index in [4.69, 9.17) is 0 Å². The smallest absolute Gasteiger partial charge is 0.269 e. The number of nitro groups is 1. The maximum atomic E-state index is 10.6. The number of nitrogens with zero attached hydrogens (tertiary/aromatic N) is 3. The number of piperidine rings is 1. The van der Waals surface area contributed by atoms with Crippen molar-refractivity contribution in [2.75, 3.05) is 38.5 Å². The number of guanidine groups is 1. The van der Waals surface area contributed by atoms with E-state index in [1.54, 1.807) is 12.1 Å². The fourth-order valence-corrected chi connectivity index (χ4v) is 2.63. The second kappa shape index (κ2) is 10.3. The molecule has 1 aliphatic rings. The first-order valence-corrected chi connectivity index (χ1v) is 8.04. The number of likely N-dealkylation sites (tertiary alicyclic amines) is 1. The normalized spacial score (nSPS) is 15.6. The molecule has 0 bridgehead atoms. The fourth-order valence-electron chi connectivity index (χ4n) is 2.63. The molecule has 1 saturated heterocycles. The molecular weight excluding hydrogens is 421 g/mol. The Morgan fingerprint density at radius 3 is 2.46 bits per heavy atom. The zero-order valence-electron chi connectivity index (χ0n) is 14.2. The molecule has 0 aromatic heterocycles. The first kappa shape index (κ1) is 20.5. The number of nitro benzene ring substituents is 1. The number of non-ortho nitro benzene ring substituents is 1. The lowest BCUT2D eigenvalue weighted by atomic mass is 10.00. The minimum atomic E-state index is -0.394. The summed E-state index contributed by atoms with van der Waals surface area (Å²) in [7, 11) is 1.81. The second-order valence-electron chi connectivity index (χ2n) is 5.87. The Morgan fingerprint density at radius 2 is 1.92 bits per heavy atom. The van der Waals surface area contributed by atoms with Gasteiger partial charge in [-0.1, -0.05) is 6.92 Å². The third kappa shape index (κ3) is 6.14. The molecule has 2 N–H and O–H groups in total. The molecule has 0 amide bonds. The molecule has 134 valence electrons. The summed E-state index contributed by atoms with van der Waals surface area (Å²) in [5, 5.41) is 17.2. The first-order valence-electron chi connectivity index (χ1n) is 8.04. The highest BCUT2D eigenvalue weighted by atomic mass is 127. The van der Waals surface area contributed by atoms with Crippen LogP contribution >= 0.6 is 24.0 Å². The Morgan fingerprint density at radius 1 is 1.29 bits per heavy atom. The van der Waals surface area contributed by atoms with Crippen LogP contribution in [0.5, 0.6) is 0 Å². The number of rotatable bonds is 5. The molecule has 0 atom stereocenters. The molecule has 1 aliphatic heterocycles. The second-order valence-corrected chi connectivity index (χ2v) is 5.87. The van der Waals surface area contributed by atoms with Gasteiger partial charge < -0.3 is 15.5 Å². The van der Waals surface area contributed by atoms with E-state index < -0.39 is 4.92 Å². The van der Waals surface area contributed by atoms with Crippen LogP contribution in [0, 0.1) is 16.0 Å². The molecule has 7 nitrogen and oxygen atoms in total. The van der Waals surface area contributed by atoms with Gasteiger partial charge in [0.25, 0.3) is 5.69 Å². The zero-order chi connectivity index (χ0) is 16.7. The number of anilines is 1. The van der Waals surface area contributed by atoms with E-state index in [2.05, 4.69) is 27.4 Å². The lowest BCUT2D eigenvalue weighted by Gasteiger charge is -2.32. The van der Waals surface area contributed by atoms with E-state index in [0.29, 0.717) is 0 Å².